The molecule has 1 aromatic carbocycles. The highest BCUT2D eigenvalue weighted by Gasteiger charge is 2.24. The van der Waals surface area contributed by atoms with Crippen molar-refractivity contribution in [1.29, 1.82) is 0 Å². The van der Waals surface area contributed by atoms with Gasteiger partial charge in [-0.05, 0) is 50.7 Å². The van der Waals surface area contributed by atoms with Crippen LogP contribution in [0.4, 0.5) is 4.39 Å². The smallest absolute Gasteiger partial charge is 0.243 e. The summed E-state index contributed by atoms with van der Waals surface area (Å²) < 4.78 is 40.9. The highest BCUT2D eigenvalue weighted by molar-refractivity contribution is 7.89. The highest BCUT2D eigenvalue weighted by atomic mass is 32.2. The van der Waals surface area contributed by atoms with Crippen LogP contribution in [0.1, 0.15) is 12.0 Å². The van der Waals surface area contributed by atoms with Gasteiger partial charge in [0.1, 0.15) is 10.7 Å². The molecule has 7 heteroatoms. The number of benzene rings is 1. The van der Waals surface area contributed by atoms with Crippen LogP contribution in [0.25, 0.3) is 0 Å². The van der Waals surface area contributed by atoms with Crippen molar-refractivity contribution in [3.63, 3.8) is 0 Å². The predicted octanol–water partition coefficient (Wildman–Crippen LogP) is 0.775. The lowest BCUT2D eigenvalue weighted by atomic mass is 10.1. The average molecular weight is 315 g/mol. The van der Waals surface area contributed by atoms with Crippen LogP contribution in [0, 0.1) is 11.7 Å². The van der Waals surface area contributed by atoms with E-state index in [1.54, 1.807) is 13.1 Å². The van der Waals surface area contributed by atoms with E-state index in [-0.39, 0.29) is 10.8 Å². The normalized spacial score (nSPS) is 20.0. The molecule has 1 atom stereocenters. The molecule has 0 aliphatic carbocycles. The van der Waals surface area contributed by atoms with Crippen molar-refractivity contribution in [2.24, 2.45) is 5.92 Å². The minimum Gasteiger partial charge on any atom is -0.316 e. The van der Waals surface area contributed by atoms with Crippen molar-refractivity contribution in [2.75, 3.05) is 33.7 Å². The van der Waals surface area contributed by atoms with Gasteiger partial charge in [0, 0.05) is 19.6 Å². The Bertz CT molecular complexity index is 592. The van der Waals surface area contributed by atoms with Crippen LogP contribution in [-0.4, -0.2) is 47.0 Å². The Morgan fingerprint density at radius 3 is 2.76 bits per heavy atom. The number of halogens is 1. The number of nitrogens with zero attached hydrogens (tertiary/aromatic N) is 1. The lowest BCUT2D eigenvalue weighted by Gasteiger charge is -2.13. The SMILES string of the molecule is CNCc1ccc(S(=O)(=O)NCC2CCN(C)C2)c(F)c1. The lowest BCUT2D eigenvalue weighted by Crippen LogP contribution is -2.31. The van der Waals surface area contributed by atoms with Crippen LogP contribution in [0.15, 0.2) is 23.1 Å². The Labute approximate surface area is 125 Å². The maximum Gasteiger partial charge on any atom is 0.243 e. The second kappa shape index (κ2) is 6.83. The van der Waals surface area contributed by atoms with E-state index in [9.17, 15) is 12.8 Å². The van der Waals surface area contributed by atoms with Crippen molar-refractivity contribution in [1.82, 2.24) is 14.9 Å². The first-order valence-corrected chi connectivity index (χ1v) is 8.52. The molecule has 1 fully saturated rings. The zero-order valence-electron chi connectivity index (χ0n) is 12.4. The van der Waals surface area contributed by atoms with Crippen LogP contribution in [0.3, 0.4) is 0 Å². The lowest BCUT2D eigenvalue weighted by molar-refractivity contribution is 0.394. The van der Waals surface area contributed by atoms with Crippen LogP contribution in [0.2, 0.25) is 0 Å². The van der Waals surface area contributed by atoms with Crippen molar-refractivity contribution in [3.8, 4) is 0 Å². The van der Waals surface area contributed by atoms with E-state index in [0.717, 1.165) is 19.5 Å². The van der Waals surface area contributed by atoms with Crippen molar-refractivity contribution in [2.45, 2.75) is 17.9 Å². The molecule has 0 spiro atoms. The molecule has 5 nitrogen and oxygen atoms in total. The van der Waals surface area contributed by atoms with E-state index >= 15 is 0 Å². The number of hydrogen-bond acceptors (Lipinski definition) is 4. The van der Waals surface area contributed by atoms with Crippen molar-refractivity contribution < 1.29 is 12.8 Å². The third kappa shape index (κ3) is 4.23. The van der Waals surface area contributed by atoms with Crippen LogP contribution >= 0.6 is 0 Å². The summed E-state index contributed by atoms with van der Waals surface area (Å²) in [6, 6.07) is 4.21. The summed E-state index contributed by atoms with van der Waals surface area (Å²) in [5.41, 5.74) is 0.714. The van der Waals surface area contributed by atoms with Gasteiger partial charge in [-0.3, -0.25) is 0 Å². The standard InChI is InChI=1S/C14H22FN3O2S/c1-16-8-11-3-4-14(13(15)7-11)21(19,20)17-9-12-5-6-18(2)10-12/h3-4,7,12,16-17H,5-6,8-10H2,1-2H3. The van der Waals surface area contributed by atoms with E-state index in [4.69, 9.17) is 0 Å². The molecule has 118 valence electrons. The molecule has 0 aromatic heterocycles. The van der Waals surface area contributed by atoms with Gasteiger partial charge in [0.2, 0.25) is 10.0 Å². The zero-order chi connectivity index (χ0) is 15.5. The quantitative estimate of drug-likeness (QED) is 0.814. The van der Waals surface area contributed by atoms with Crippen molar-refractivity contribution >= 4 is 10.0 Å². The maximum atomic E-state index is 14.0. The maximum absolute atomic E-state index is 14.0. The third-order valence-corrected chi connectivity index (χ3v) is 5.17. The summed E-state index contributed by atoms with van der Waals surface area (Å²) in [7, 11) is -0.0302. The Hall–Kier alpha value is -1.02. The molecule has 2 rings (SSSR count). The monoisotopic (exact) mass is 315 g/mol. The minimum absolute atomic E-state index is 0.284. The Balaban J connectivity index is 2.05. The zero-order valence-corrected chi connectivity index (χ0v) is 13.2. The molecular formula is C14H22FN3O2S. The summed E-state index contributed by atoms with van der Waals surface area (Å²) in [6.45, 7) is 2.69. The number of rotatable bonds is 6. The van der Waals surface area contributed by atoms with Crippen LogP contribution in [-0.2, 0) is 16.6 Å². The molecule has 1 aliphatic rings. The van der Waals surface area contributed by atoms with E-state index in [2.05, 4.69) is 14.9 Å². The van der Waals surface area contributed by atoms with Gasteiger partial charge in [0.05, 0.1) is 0 Å². The summed E-state index contributed by atoms with van der Waals surface area (Å²) in [4.78, 5) is 1.88. The van der Waals surface area contributed by atoms with Gasteiger partial charge in [-0.25, -0.2) is 17.5 Å². The first-order valence-electron chi connectivity index (χ1n) is 7.03. The van der Waals surface area contributed by atoms with Crippen molar-refractivity contribution in [3.05, 3.63) is 29.6 Å². The third-order valence-electron chi connectivity index (χ3n) is 3.72. The number of nitrogens with one attached hydrogen (secondary N) is 2. The van der Waals surface area contributed by atoms with E-state index in [0.29, 0.717) is 18.7 Å². The molecule has 0 bridgehead atoms. The van der Waals surface area contributed by atoms with E-state index < -0.39 is 15.8 Å². The molecule has 1 aromatic rings. The van der Waals surface area contributed by atoms with Gasteiger partial charge in [-0.2, -0.15) is 0 Å². The molecular weight excluding hydrogens is 293 g/mol. The fourth-order valence-corrected chi connectivity index (χ4v) is 3.75. The second-order valence-electron chi connectivity index (χ2n) is 5.56. The number of sulfonamides is 1. The largest absolute Gasteiger partial charge is 0.316 e. The van der Waals surface area contributed by atoms with Crippen LogP contribution in [0.5, 0.6) is 0 Å². The van der Waals surface area contributed by atoms with Gasteiger partial charge in [-0.1, -0.05) is 6.07 Å². The van der Waals surface area contributed by atoms with Gasteiger partial charge < -0.3 is 10.2 Å². The molecule has 0 radical (unpaired) electrons. The molecule has 0 amide bonds. The van der Waals surface area contributed by atoms with Crippen LogP contribution < -0.4 is 10.0 Å². The molecule has 1 saturated heterocycles. The van der Waals surface area contributed by atoms with Gasteiger partial charge in [0.15, 0.2) is 0 Å². The van der Waals surface area contributed by atoms with Gasteiger partial charge >= 0.3 is 0 Å². The summed E-state index contributed by atoms with van der Waals surface area (Å²) in [5.74, 6) is -0.421. The van der Waals surface area contributed by atoms with Gasteiger partial charge in [-0.15, -0.1) is 0 Å². The fourth-order valence-electron chi connectivity index (χ4n) is 2.57. The first kappa shape index (κ1) is 16.4. The Kier molecular flexibility index (Phi) is 5.32. The average Bonchev–Trinajstić information content (AvgIpc) is 2.83. The Morgan fingerprint density at radius 1 is 1.43 bits per heavy atom. The molecule has 1 unspecified atom stereocenters. The van der Waals surface area contributed by atoms with E-state index in [1.165, 1.54) is 12.1 Å². The summed E-state index contributed by atoms with van der Waals surface area (Å²) in [5, 5.41) is 2.90. The molecule has 1 heterocycles. The van der Waals surface area contributed by atoms with E-state index in [1.807, 2.05) is 7.05 Å². The Morgan fingerprint density at radius 2 is 2.19 bits per heavy atom. The molecule has 21 heavy (non-hydrogen) atoms. The predicted molar refractivity (Wildman–Crippen MR) is 80.0 cm³/mol. The molecule has 0 saturated carbocycles. The fraction of sp³-hybridized carbons (Fsp3) is 0.571. The molecule has 1 aliphatic heterocycles. The highest BCUT2D eigenvalue weighted by Crippen LogP contribution is 2.18. The first-order chi connectivity index (χ1) is 9.92. The molecule has 2 N–H and O–H groups in total. The number of likely N-dealkylation sites (tertiary alicyclic amines) is 1. The second-order valence-corrected chi connectivity index (χ2v) is 7.30. The summed E-state index contributed by atoms with van der Waals surface area (Å²) >= 11 is 0. The number of hydrogen-bond donors (Lipinski definition) is 2. The summed E-state index contributed by atoms with van der Waals surface area (Å²) in [6.07, 6.45) is 0.961. The topological polar surface area (TPSA) is 61.4 Å². The van der Waals surface area contributed by atoms with Gasteiger partial charge in [0.25, 0.3) is 0 Å². The minimum atomic E-state index is -3.79.